The molecular formula is C14H15N7O3. The van der Waals surface area contributed by atoms with Gasteiger partial charge in [0.15, 0.2) is 0 Å². The number of nitrogens with zero attached hydrogens (tertiary/aromatic N) is 5. The Balaban J connectivity index is 1.69. The van der Waals surface area contributed by atoms with Gasteiger partial charge < -0.3 is 20.4 Å². The van der Waals surface area contributed by atoms with Crippen LogP contribution in [0.3, 0.4) is 0 Å². The number of rotatable bonds is 6. The average molecular weight is 329 g/mol. The lowest BCUT2D eigenvalue weighted by Crippen LogP contribution is -2.32. The quantitative estimate of drug-likeness (QED) is 0.518. The Morgan fingerprint density at radius 2 is 2.25 bits per heavy atom. The molecule has 1 amide bonds. The molecule has 1 unspecified atom stereocenters. The fraction of sp³-hybridized carbons (Fsp3) is 0.286. The number of amides is 1. The van der Waals surface area contributed by atoms with Crippen molar-refractivity contribution in [2.75, 3.05) is 0 Å². The number of hydrogen-bond donors (Lipinski definition) is 2. The molecule has 0 saturated heterocycles. The van der Waals surface area contributed by atoms with Crippen LogP contribution in [0.4, 0.5) is 5.95 Å². The minimum absolute atomic E-state index is 0.155. The topological polar surface area (TPSA) is 132 Å². The van der Waals surface area contributed by atoms with Gasteiger partial charge in [0.1, 0.15) is 12.4 Å². The number of para-hydroxylation sites is 2. The molecule has 0 saturated carbocycles. The van der Waals surface area contributed by atoms with E-state index in [0.717, 1.165) is 22.0 Å². The minimum atomic E-state index is -0.711. The molecular weight excluding hydrogens is 314 g/mol. The van der Waals surface area contributed by atoms with Gasteiger partial charge in [0.2, 0.25) is 12.2 Å². The van der Waals surface area contributed by atoms with E-state index in [1.54, 1.807) is 0 Å². The van der Waals surface area contributed by atoms with Crippen LogP contribution in [-0.4, -0.2) is 35.6 Å². The number of fused-ring (bicyclic) bond motifs is 1. The fourth-order valence-electron chi connectivity index (χ4n) is 2.33. The van der Waals surface area contributed by atoms with Crippen molar-refractivity contribution < 1.29 is 9.72 Å². The number of carbonyl (C=O) groups excluding carboxylic acids is 1. The third-order valence-corrected chi connectivity index (χ3v) is 3.47. The summed E-state index contributed by atoms with van der Waals surface area (Å²) in [5, 5.41) is 17.0. The molecule has 3 rings (SSSR count). The lowest BCUT2D eigenvalue weighted by Gasteiger charge is -2.13. The van der Waals surface area contributed by atoms with Gasteiger partial charge in [-0.05, 0) is 23.5 Å². The van der Waals surface area contributed by atoms with Gasteiger partial charge in [-0.2, -0.15) is 4.68 Å². The highest BCUT2D eigenvalue weighted by atomic mass is 16.6. The number of aromatic amines is 1. The number of nitrogens with one attached hydrogen (secondary N) is 2. The van der Waals surface area contributed by atoms with Crippen LogP contribution < -0.4 is 5.32 Å². The molecule has 2 N–H and O–H groups in total. The van der Waals surface area contributed by atoms with E-state index in [1.165, 1.54) is 0 Å². The van der Waals surface area contributed by atoms with Crippen molar-refractivity contribution in [1.29, 1.82) is 0 Å². The molecule has 0 bridgehead atoms. The molecule has 124 valence electrons. The van der Waals surface area contributed by atoms with E-state index in [4.69, 9.17) is 0 Å². The summed E-state index contributed by atoms with van der Waals surface area (Å²) in [7, 11) is 0. The third-order valence-electron chi connectivity index (χ3n) is 3.47. The van der Waals surface area contributed by atoms with Crippen molar-refractivity contribution in [2.24, 2.45) is 0 Å². The first-order valence-electron chi connectivity index (χ1n) is 7.34. The highest BCUT2D eigenvalue weighted by Gasteiger charge is 2.19. The first-order chi connectivity index (χ1) is 11.6. The molecule has 0 aliphatic rings. The van der Waals surface area contributed by atoms with Crippen molar-refractivity contribution >= 4 is 22.9 Å². The van der Waals surface area contributed by atoms with Gasteiger partial charge in [0.25, 0.3) is 0 Å². The number of imidazole rings is 1. The van der Waals surface area contributed by atoms with E-state index < -0.39 is 10.9 Å². The van der Waals surface area contributed by atoms with Crippen LogP contribution in [0.2, 0.25) is 0 Å². The maximum absolute atomic E-state index is 12.1. The van der Waals surface area contributed by atoms with Crippen LogP contribution >= 0.6 is 0 Å². The molecule has 0 aliphatic heterocycles. The van der Waals surface area contributed by atoms with Gasteiger partial charge in [-0.3, -0.25) is 4.79 Å². The summed E-state index contributed by atoms with van der Waals surface area (Å²) in [6, 6.07) is 7.31. The third kappa shape index (κ3) is 3.21. The molecule has 0 fully saturated rings. The van der Waals surface area contributed by atoms with E-state index in [9.17, 15) is 14.9 Å². The first-order valence-corrected chi connectivity index (χ1v) is 7.34. The summed E-state index contributed by atoms with van der Waals surface area (Å²) < 4.78 is 1.12. The van der Waals surface area contributed by atoms with Gasteiger partial charge in [0, 0.05) is 5.10 Å². The van der Waals surface area contributed by atoms with Crippen molar-refractivity contribution in [1.82, 2.24) is 30.0 Å². The normalized spacial score (nSPS) is 12.2. The largest absolute Gasteiger partial charge is 0.490 e. The van der Waals surface area contributed by atoms with Gasteiger partial charge in [-0.15, -0.1) is 0 Å². The van der Waals surface area contributed by atoms with Crippen molar-refractivity contribution in [2.45, 2.75) is 25.9 Å². The molecule has 24 heavy (non-hydrogen) atoms. The smallest absolute Gasteiger partial charge is 0.390 e. The predicted octanol–water partition coefficient (Wildman–Crippen LogP) is 1.33. The maximum atomic E-state index is 12.1. The Bertz CT molecular complexity index is 852. The zero-order chi connectivity index (χ0) is 17.1. The molecule has 0 radical (unpaired) electrons. The summed E-state index contributed by atoms with van der Waals surface area (Å²) in [6.45, 7) is 1.77. The SMILES string of the molecule is CCC(NC(=O)Cn1cnc([N+](=O)[O-])n1)c1nc2ccccc2[nH]1. The molecule has 2 heterocycles. The Morgan fingerprint density at radius 3 is 2.92 bits per heavy atom. The summed E-state index contributed by atoms with van der Waals surface area (Å²) in [4.78, 5) is 33.1. The Morgan fingerprint density at radius 1 is 1.46 bits per heavy atom. The molecule has 10 heteroatoms. The number of H-pyrrole nitrogens is 1. The summed E-state index contributed by atoms with van der Waals surface area (Å²) in [5.74, 6) is -0.203. The van der Waals surface area contributed by atoms with Gasteiger partial charge in [-0.25, -0.2) is 4.98 Å². The average Bonchev–Trinajstić information content (AvgIpc) is 3.18. The van der Waals surface area contributed by atoms with E-state index in [1.807, 2.05) is 31.2 Å². The van der Waals surface area contributed by atoms with Crippen LogP contribution in [0.5, 0.6) is 0 Å². The maximum Gasteiger partial charge on any atom is 0.490 e. The number of hydrogen-bond acceptors (Lipinski definition) is 6. The Kier molecular flexibility index (Phi) is 4.18. The van der Waals surface area contributed by atoms with Crippen LogP contribution in [0.25, 0.3) is 11.0 Å². The lowest BCUT2D eigenvalue weighted by molar-refractivity contribution is -0.394. The highest BCUT2D eigenvalue weighted by Crippen LogP contribution is 2.18. The summed E-state index contributed by atoms with van der Waals surface area (Å²) >= 11 is 0. The summed E-state index contributed by atoms with van der Waals surface area (Å²) in [6.07, 6.45) is 1.79. The Labute approximate surface area is 136 Å². The number of carbonyl (C=O) groups is 1. The first kappa shape index (κ1) is 15.6. The molecule has 0 spiro atoms. The van der Waals surface area contributed by atoms with E-state index in [0.29, 0.717) is 12.2 Å². The monoisotopic (exact) mass is 329 g/mol. The molecule has 2 aromatic heterocycles. The lowest BCUT2D eigenvalue weighted by atomic mass is 10.2. The Hall–Kier alpha value is -3.30. The number of nitro groups is 1. The molecule has 0 aliphatic carbocycles. The highest BCUT2D eigenvalue weighted by molar-refractivity contribution is 5.77. The zero-order valence-electron chi connectivity index (χ0n) is 12.8. The predicted molar refractivity (Wildman–Crippen MR) is 83.9 cm³/mol. The molecule has 1 aromatic carbocycles. The number of benzene rings is 1. The van der Waals surface area contributed by atoms with Gasteiger partial charge >= 0.3 is 5.95 Å². The van der Waals surface area contributed by atoms with E-state index in [2.05, 4.69) is 25.4 Å². The van der Waals surface area contributed by atoms with Crippen LogP contribution in [-0.2, 0) is 11.3 Å². The summed E-state index contributed by atoms with van der Waals surface area (Å²) in [5.41, 5.74) is 1.72. The second-order valence-electron chi connectivity index (χ2n) is 5.17. The van der Waals surface area contributed by atoms with Gasteiger partial charge in [-0.1, -0.05) is 24.0 Å². The second-order valence-corrected chi connectivity index (χ2v) is 5.17. The van der Waals surface area contributed by atoms with Crippen LogP contribution in [0, 0.1) is 10.1 Å². The van der Waals surface area contributed by atoms with Crippen LogP contribution in [0.1, 0.15) is 25.2 Å². The van der Waals surface area contributed by atoms with Crippen LogP contribution in [0.15, 0.2) is 30.6 Å². The van der Waals surface area contributed by atoms with Crippen molar-refractivity contribution in [3.05, 3.63) is 46.5 Å². The standard InChI is InChI=1S/C14H15N7O3/c1-2-9(13-17-10-5-3-4-6-11(10)18-13)16-12(22)7-20-8-15-14(19-20)21(23)24/h3-6,8-9H,2,7H2,1H3,(H,16,22)(H,17,18). The van der Waals surface area contributed by atoms with E-state index in [-0.39, 0.29) is 18.5 Å². The van der Waals surface area contributed by atoms with E-state index >= 15 is 0 Å². The van der Waals surface area contributed by atoms with Crippen molar-refractivity contribution in [3.63, 3.8) is 0 Å². The molecule has 1 atom stereocenters. The second kappa shape index (κ2) is 6.44. The zero-order valence-corrected chi connectivity index (χ0v) is 12.8. The number of aromatic nitrogens is 5. The molecule has 10 nitrogen and oxygen atoms in total. The van der Waals surface area contributed by atoms with Crippen molar-refractivity contribution in [3.8, 4) is 0 Å². The molecule has 3 aromatic rings. The minimum Gasteiger partial charge on any atom is -0.390 e. The fourth-order valence-corrected chi connectivity index (χ4v) is 2.33. The van der Waals surface area contributed by atoms with Gasteiger partial charge in [0.05, 0.1) is 17.1 Å².